The van der Waals surface area contributed by atoms with Crippen LogP contribution in [0.5, 0.6) is 0 Å². The molecule has 1 rings (SSSR count). The molecule has 0 spiro atoms. The topological polar surface area (TPSA) is 18.8 Å². The standard InChI is InChI=1S/C12H23N3/c1-5-6-7-8-15-10-9-14(4)12(15)13-11(2)3/h6-7,11H,5,8-10H2,1-4H3/b7-6+,13-12+. The van der Waals surface area contributed by atoms with Crippen LogP contribution in [0.4, 0.5) is 0 Å². The molecule has 1 aliphatic heterocycles. The first kappa shape index (κ1) is 12.1. The van der Waals surface area contributed by atoms with Crippen molar-refractivity contribution in [1.82, 2.24) is 9.80 Å². The predicted molar refractivity (Wildman–Crippen MR) is 66.2 cm³/mol. The average Bonchev–Trinajstić information content (AvgIpc) is 2.49. The summed E-state index contributed by atoms with van der Waals surface area (Å²) in [5.41, 5.74) is 0. The number of allylic oxidation sites excluding steroid dienone is 1. The molecule has 0 aromatic rings. The van der Waals surface area contributed by atoms with Gasteiger partial charge in [0.1, 0.15) is 0 Å². The minimum Gasteiger partial charge on any atom is -0.344 e. The van der Waals surface area contributed by atoms with E-state index in [1.165, 1.54) is 0 Å². The Kier molecular flexibility index (Phi) is 4.66. The molecule has 1 fully saturated rings. The molecule has 1 saturated heterocycles. The lowest BCUT2D eigenvalue weighted by molar-refractivity contribution is 0.508. The highest BCUT2D eigenvalue weighted by atomic mass is 15.4. The lowest BCUT2D eigenvalue weighted by Crippen LogP contribution is -2.32. The van der Waals surface area contributed by atoms with Crippen LogP contribution >= 0.6 is 0 Å². The minimum absolute atomic E-state index is 0.373. The van der Waals surface area contributed by atoms with Gasteiger partial charge in [-0.3, -0.25) is 4.99 Å². The van der Waals surface area contributed by atoms with Gasteiger partial charge in [-0.1, -0.05) is 19.1 Å². The van der Waals surface area contributed by atoms with Crippen molar-refractivity contribution >= 4 is 5.96 Å². The van der Waals surface area contributed by atoms with Crippen molar-refractivity contribution in [3.63, 3.8) is 0 Å². The van der Waals surface area contributed by atoms with Gasteiger partial charge < -0.3 is 9.80 Å². The Bertz CT molecular complexity index is 243. The van der Waals surface area contributed by atoms with E-state index in [1.54, 1.807) is 0 Å². The molecule has 0 bridgehead atoms. The molecular weight excluding hydrogens is 186 g/mol. The van der Waals surface area contributed by atoms with Gasteiger partial charge in [0.25, 0.3) is 0 Å². The fraction of sp³-hybridized carbons (Fsp3) is 0.750. The number of guanidine groups is 1. The fourth-order valence-corrected chi connectivity index (χ4v) is 1.66. The zero-order valence-electron chi connectivity index (χ0n) is 10.4. The van der Waals surface area contributed by atoms with Gasteiger partial charge in [0.2, 0.25) is 0 Å². The van der Waals surface area contributed by atoms with Gasteiger partial charge in [0.15, 0.2) is 5.96 Å². The molecule has 0 radical (unpaired) electrons. The van der Waals surface area contributed by atoms with Gasteiger partial charge in [-0.2, -0.15) is 0 Å². The molecule has 15 heavy (non-hydrogen) atoms. The number of hydrogen-bond acceptors (Lipinski definition) is 1. The van der Waals surface area contributed by atoms with E-state index in [0.29, 0.717) is 6.04 Å². The Balaban J connectivity index is 2.60. The summed E-state index contributed by atoms with van der Waals surface area (Å²) in [7, 11) is 2.12. The van der Waals surface area contributed by atoms with Gasteiger partial charge in [-0.05, 0) is 20.3 Å². The minimum atomic E-state index is 0.373. The van der Waals surface area contributed by atoms with Crippen LogP contribution in [0.15, 0.2) is 17.1 Å². The van der Waals surface area contributed by atoms with E-state index in [2.05, 4.69) is 54.8 Å². The van der Waals surface area contributed by atoms with E-state index >= 15 is 0 Å². The second-order valence-electron chi connectivity index (χ2n) is 4.27. The first-order valence-corrected chi connectivity index (χ1v) is 5.84. The van der Waals surface area contributed by atoms with Gasteiger partial charge in [0.05, 0.1) is 0 Å². The van der Waals surface area contributed by atoms with Gasteiger partial charge in [-0.25, -0.2) is 0 Å². The number of rotatable bonds is 4. The van der Waals surface area contributed by atoms with Crippen molar-refractivity contribution in [2.75, 3.05) is 26.7 Å². The predicted octanol–water partition coefficient (Wildman–Crippen LogP) is 1.96. The summed E-state index contributed by atoms with van der Waals surface area (Å²) in [6.45, 7) is 9.58. The molecule has 0 atom stereocenters. The highest BCUT2D eigenvalue weighted by Gasteiger charge is 2.22. The molecule has 0 N–H and O–H groups in total. The van der Waals surface area contributed by atoms with Crippen molar-refractivity contribution in [2.24, 2.45) is 4.99 Å². The summed E-state index contributed by atoms with van der Waals surface area (Å²) in [6.07, 6.45) is 5.56. The van der Waals surface area contributed by atoms with Gasteiger partial charge in [-0.15, -0.1) is 0 Å². The number of aliphatic imine (C=N–C) groups is 1. The summed E-state index contributed by atoms with van der Waals surface area (Å²) >= 11 is 0. The van der Waals surface area contributed by atoms with Crippen molar-refractivity contribution in [3.8, 4) is 0 Å². The smallest absolute Gasteiger partial charge is 0.196 e. The van der Waals surface area contributed by atoms with Crippen LogP contribution < -0.4 is 0 Å². The molecule has 0 saturated carbocycles. The molecule has 86 valence electrons. The van der Waals surface area contributed by atoms with Crippen LogP contribution in [-0.4, -0.2) is 48.5 Å². The third kappa shape index (κ3) is 3.57. The lowest BCUT2D eigenvalue weighted by Gasteiger charge is -2.20. The highest BCUT2D eigenvalue weighted by Crippen LogP contribution is 2.08. The van der Waals surface area contributed by atoms with E-state index in [9.17, 15) is 0 Å². The Labute approximate surface area is 93.5 Å². The molecule has 1 heterocycles. The fourth-order valence-electron chi connectivity index (χ4n) is 1.66. The van der Waals surface area contributed by atoms with Gasteiger partial charge in [0, 0.05) is 32.7 Å². The first-order valence-electron chi connectivity index (χ1n) is 5.84. The van der Waals surface area contributed by atoms with E-state index in [0.717, 1.165) is 32.0 Å². The van der Waals surface area contributed by atoms with Crippen molar-refractivity contribution in [3.05, 3.63) is 12.2 Å². The molecular formula is C12H23N3. The van der Waals surface area contributed by atoms with E-state index in [1.807, 2.05) is 0 Å². The largest absolute Gasteiger partial charge is 0.344 e. The summed E-state index contributed by atoms with van der Waals surface area (Å²) in [5, 5.41) is 0. The SMILES string of the molecule is CC/C=C/CN1CCN(C)/C1=N\C(C)C. The third-order valence-electron chi connectivity index (χ3n) is 2.43. The summed E-state index contributed by atoms with van der Waals surface area (Å²) < 4.78 is 0. The normalized spacial score (nSPS) is 20.2. The monoisotopic (exact) mass is 209 g/mol. The van der Waals surface area contributed by atoms with Gasteiger partial charge >= 0.3 is 0 Å². The Morgan fingerprint density at radius 1 is 1.33 bits per heavy atom. The van der Waals surface area contributed by atoms with Crippen molar-refractivity contribution < 1.29 is 0 Å². The maximum absolute atomic E-state index is 4.65. The van der Waals surface area contributed by atoms with Crippen LogP contribution in [-0.2, 0) is 0 Å². The van der Waals surface area contributed by atoms with E-state index < -0.39 is 0 Å². The Morgan fingerprint density at radius 2 is 2.07 bits per heavy atom. The quantitative estimate of drug-likeness (QED) is 0.659. The molecule has 0 aliphatic carbocycles. The molecule has 1 aliphatic rings. The molecule has 3 heteroatoms. The first-order chi connectivity index (χ1) is 7.15. The number of likely N-dealkylation sites (N-methyl/N-ethyl adjacent to an activating group) is 1. The number of nitrogens with zero attached hydrogens (tertiary/aromatic N) is 3. The molecule has 3 nitrogen and oxygen atoms in total. The zero-order chi connectivity index (χ0) is 11.3. The molecule has 0 aromatic carbocycles. The maximum Gasteiger partial charge on any atom is 0.196 e. The Morgan fingerprint density at radius 3 is 2.67 bits per heavy atom. The van der Waals surface area contributed by atoms with E-state index in [-0.39, 0.29) is 0 Å². The van der Waals surface area contributed by atoms with Crippen LogP contribution in [0.3, 0.4) is 0 Å². The Hall–Kier alpha value is -0.990. The third-order valence-corrected chi connectivity index (χ3v) is 2.43. The second-order valence-corrected chi connectivity index (χ2v) is 4.27. The molecule has 0 amide bonds. The lowest BCUT2D eigenvalue weighted by atomic mass is 10.4. The highest BCUT2D eigenvalue weighted by molar-refractivity contribution is 5.82. The van der Waals surface area contributed by atoms with Crippen LogP contribution in [0.1, 0.15) is 27.2 Å². The van der Waals surface area contributed by atoms with Crippen molar-refractivity contribution in [2.45, 2.75) is 33.2 Å². The summed E-state index contributed by atoms with van der Waals surface area (Å²) in [6, 6.07) is 0.373. The summed E-state index contributed by atoms with van der Waals surface area (Å²) in [5.74, 6) is 1.14. The molecule has 0 unspecified atom stereocenters. The van der Waals surface area contributed by atoms with E-state index in [4.69, 9.17) is 0 Å². The van der Waals surface area contributed by atoms with Crippen molar-refractivity contribution in [1.29, 1.82) is 0 Å². The van der Waals surface area contributed by atoms with Crippen LogP contribution in [0.2, 0.25) is 0 Å². The second kappa shape index (κ2) is 5.79. The number of hydrogen-bond donors (Lipinski definition) is 0. The average molecular weight is 209 g/mol. The maximum atomic E-state index is 4.65. The summed E-state index contributed by atoms with van der Waals surface area (Å²) in [4.78, 5) is 9.23. The zero-order valence-corrected chi connectivity index (χ0v) is 10.4. The molecule has 0 aromatic heterocycles. The van der Waals surface area contributed by atoms with Crippen LogP contribution in [0, 0.1) is 0 Å². The van der Waals surface area contributed by atoms with Crippen LogP contribution in [0.25, 0.3) is 0 Å².